The van der Waals surface area contributed by atoms with Crippen LogP contribution in [-0.2, 0) is 10.9 Å². The molecule has 2 N–H and O–H groups in total. The first kappa shape index (κ1) is 15.3. The summed E-state index contributed by atoms with van der Waals surface area (Å²) in [5.74, 6) is -0.820. The molecule has 0 radical (unpaired) electrons. The fraction of sp³-hybridized carbons (Fsp3) is 0.462. The fourth-order valence-electron chi connectivity index (χ4n) is 1.50. The summed E-state index contributed by atoms with van der Waals surface area (Å²) < 4.78 is 42.5. The first-order valence-electron chi connectivity index (χ1n) is 6.00. The molecule has 0 atom stereocenters. The van der Waals surface area contributed by atoms with Crippen molar-refractivity contribution in [2.45, 2.75) is 32.4 Å². The Kier molecular flexibility index (Phi) is 5.20. The van der Waals surface area contributed by atoms with Crippen LogP contribution in [0.4, 0.5) is 18.9 Å². The number of nitrogens with two attached hydrogens (primary N) is 1. The molecule has 1 aromatic carbocycles. The highest BCUT2D eigenvalue weighted by Crippen LogP contribution is 2.31. The largest absolute Gasteiger partial charge is 0.462 e. The molecule has 0 aromatic heterocycles. The minimum absolute atomic E-state index is 0.0199. The highest BCUT2D eigenvalue weighted by molar-refractivity contribution is 5.95. The number of hydrogen-bond acceptors (Lipinski definition) is 3. The van der Waals surface area contributed by atoms with Crippen molar-refractivity contribution in [3.63, 3.8) is 0 Å². The van der Waals surface area contributed by atoms with E-state index < -0.39 is 17.7 Å². The van der Waals surface area contributed by atoms with E-state index in [4.69, 9.17) is 10.5 Å². The maximum absolute atomic E-state index is 12.5. The summed E-state index contributed by atoms with van der Waals surface area (Å²) >= 11 is 0. The molecule has 1 aromatic rings. The molecule has 0 aliphatic rings. The van der Waals surface area contributed by atoms with Gasteiger partial charge in [0.05, 0.1) is 17.7 Å². The number of carbonyl (C=O) groups is 1. The van der Waals surface area contributed by atoms with E-state index in [0.29, 0.717) is 6.42 Å². The number of nitrogen functional groups attached to an aromatic ring is 1. The molecule has 1 rings (SSSR count). The number of esters is 1. The highest BCUT2D eigenvalue weighted by Gasteiger charge is 2.31. The fourth-order valence-corrected chi connectivity index (χ4v) is 1.50. The third-order valence-electron chi connectivity index (χ3n) is 2.58. The van der Waals surface area contributed by atoms with Gasteiger partial charge in [0, 0.05) is 5.69 Å². The average molecular weight is 275 g/mol. The smallest absolute Gasteiger partial charge is 0.416 e. The number of hydrogen-bond donors (Lipinski definition) is 1. The Bertz CT molecular complexity index is 444. The third kappa shape index (κ3) is 4.46. The van der Waals surface area contributed by atoms with Crippen LogP contribution >= 0.6 is 0 Å². The Labute approximate surface area is 109 Å². The number of rotatable bonds is 5. The van der Waals surface area contributed by atoms with Crippen molar-refractivity contribution < 1.29 is 22.7 Å². The van der Waals surface area contributed by atoms with E-state index in [9.17, 15) is 18.0 Å². The van der Waals surface area contributed by atoms with Crippen molar-refractivity contribution in [3.8, 4) is 0 Å². The van der Waals surface area contributed by atoms with Gasteiger partial charge in [0.1, 0.15) is 0 Å². The van der Waals surface area contributed by atoms with Gasteiger partial charge in [0.2, 0.25) is 0 Å². The highest BCUT2D eigenvalue weighted by atomic mass is 19.4. The zero-order chi connectivity index (χ0) is 14.5. The SMILES string of the molecule is CCCCCOC(=O)c1cc(C(F)(F)F)ccc1N. The van der Waals surface area contributed by atoms with Crippen LogP contribution in [0, 0.1) is 0 Å². The first-order valence-corrected chi connectivity index (χ1v) is 6.00. The molecule has 0 spiro atoms. The van der Waals surface area contributed by atoms with Crippen LogP contribution in [0.2, 0.25) is 0 Å². The summed E-state index contributed by atoms with van der Waals surface area (Å²) in [5.41, 5.74) is 4.32. The van der Waals surface area contributed by atoms with Gasteiger partial charge < -0.3 is 10.5 Å². The Morgan fingerprint density at radius 2 is 2.00 bits per heavy atom. The molecule has 0 saturated heterocycles. The second-order valence-electron chi connectivity index (χ2n) is 4.14. The maximum atomic E-state index is 12.5. The summed E-state index contributed by atoms with van der Waals surface area (Å²) in [6, 6.07) is 2.62. The Hall–Kier alpha value is -1.72. The lowest BCUT2D eigenvalue weighted by Crippen LogP contribution is -2.12. The van der Waals surface area contributed by atoms with Gasteiger partial charge in [0.15, 0.2) is 0 Å². The van der Waals surface area contributed by atoms with E-state index in [1.807, 2.05) is 6.92 Å². The molecular weight excluding hydrogens is 259 g/mol. The molecule has 0 aliphatic heterocycles. The Morgan fingerprint density at radius 1 is 1.32 bits per heavy atom. The van der Waals surface area contributed by atoms with Crippen molar-refractivity contribution in [2.24, 2.45) is 0 Å². The quantitative estimate of drug-likeness (QED) is 0.507. The summed E-state index contributed by atoms with van der Waals surface area (Å²) in [6.07, 6.45) is -1.97. The predicted molar refractivity (Wildman–Crippen MR) is 65.7 cm³/mol. The van der Waals surface area contributed by atoms with E-state index in [1.165, 1.54) is 0 Å². The zero-order valence-corrected chi connectivity index (χ0v) is 10.6. The van der Waals surface area contributed by atoms with Crippen molar-refractivity contribution in [3.05, 3.63) is 29.3 Å². The number of halogens is 3. The molecule has 19 heavy (non-hydrogen) atoms. The zero-order valence-electron chi connectivity index (χ0n) is 10.6. The average Bonchev–Trinajstić information content (AvgIpc) is 2.33. The molecule has 106 valence electrons. The predicted octanol–water partition coefficient (Wildman–Crippen LogP) is 3.63. The number of ether oxygens (including phenoxy) is 1. The molecule has 3 nitrogen and oxygen atoms in total. The molecule has 0 saturated carbocycles. The van der Waals surface area contributed by atoms with Gasteiger partial charge in [-0.3, -0.25) is 0 Å². The number of unbranched alkanes of at least 4 members (excludes halogenated alkanes) is 2. The molecular formula is C13H16F3NO2. The number of carbonyl (C=O) groups excluding carboxylic acids is 1. The lowest BCUT2D eigenvalue weighted by molar-refractivity contribution is -0.137. The van der Waals surface area contributed by atoms with Gasteiger partial charge in [-0.15, -0.1) is 0 Å². The van der Waals surface area contributed by atoms with Crippen molar-refractivity contribution in [2.75, 3.05) is 12.3 Å². The Balaban J connectivity index is 2.78. The van der Waals surface area contributed by atoms with Crippen molar-refractivity contribution >= 4 is 11.7 Å². The second-order valence-corrected chi connectivity index (χ2v) is 4.14. The minimum atomic E-state index is -4.51. The summed E-state index contributed by atoms with van der Waals surface area (Å²) in [4.78, 5) is 11.6. The summed E-state index contributed by atoms with van der Waals surface area (Å²) in [5, 5.41) is 0. The van der Waals surface area contributed by atoms with Crippen LogP contribution in [0.3, 0.4) is 0 Å². The van der Waals surface area contributed by atoms with Crippen LogP contribution < -0.4 is 5.73 Å². The van der Waals surface area contributed by atoms with Crippen molar-refractivity contribution in [1.29, 1.82) is 0 Å². The van der Waals surface area contributed by atoms with E-state index in [0.717, 1.165) is 31.0 Å². The summed E-state index contributed by atoms with van der Waals surface area (Å²) in [7, 11) is 0. The van der Waals surface area contributed by atoms with E-state index >= 15 is 0 Å². The van der Waals surface area contributed by atoms with E-state index in [-0.39, 0.29) is 17.9 Å². The monoisotopic (exact) mass is 275 g/mol. The molecule has 0 aliphatic carbocycles. The number of benzene rings is 1. The van der Waals surface area contributed by atoms with Crippen LogP contribution in [0.1, 0.15) is 42.1 Å². The van der Waals surface area contributed by atoms with Gasteiger partial charge in [-0.05, 0) is 24.6 Å². The van der Waals surface area contributed by atoms with Crippen LogP contribution in [0.5, 0.6) is 0 Å². The van der Waals surface area contributed by atoms with Gasteiger partial charge >= 0.3 is 12.1 Å². The molecule has 0 fully saturated rings. The standard InChI is InChI=1S/C13H16F3NO2/c1-2-3-4-7-19-12(18)10-8-9(13(14,15)16)5-6-11(10)17/h5-6,8H,2-4,7,17H2,1H3. The van der Waals surface area contributed by atoms with Gasteiger partial charge in [-0.1, -0.05) is 19.8 Å². The minimum Gasteiger partial charge on any atom is -0.462 e. The second kappa shape index (κ2) is 6.45. The molecule has 0 amide bonds. The number of alkyl halides is 3. The number of anilines is 1. The molecule has 0 heterocycles. The van der Waals surface area contributed by atoms with Gasteiger partial charge in [0.25, 0.3) is 0 Å². The van der Waals surface area contributed by atoms with E-state index in [2.05, 4.69) is 0 Å². The van der Waals surface area contributed by atoms with Crippen molar-refractivity contribution in [1.82, 2.24) is 0 Å². The topological polar surface area (TPSA) is 52.3 Å². The third-order valence-corrected chi connectivity index (χ3v) is 2.58. The van der Waals surface area contributed by atoms with Crippen LogP contribution in [0.25, 0.3) is 0 Å². The lowest BCUT2D eigenvalue weighted by atomic mass is 10.1. The normalized spacial score (nSPS) is 11.4. The summed E-state index contributed by atoms with van der Waals surface area (Å²) in [6.45, 7) is 2.18. The van der Waals surface area contributed by atoms with Gasteiger partial charge in [-0.25, -0.2) is 4.79 Å². The first-order chi connectivity index (χ1) is 8.86. The Morgan fingerprint density at radius 3 is 2.58 bits per heavy atom. The molecule has 6 heteroatoms. The van der Waals surface area contributed by atoms with Crippen LogP contribution in [-0.4, -0.2) is 12.6 Å². The molecule has 0 bridgehead atoms. The van der Waals surface area contributed by atoms with E-state index in [1.54, 1.807) is 0 Å². The molecule has 0 unspecified atom stereocenters. The lowest BCUT2D eigenvalue weighted by Gasteiger charge is -2.11. The van der Waals surface area contributed by atoms with Gasteiger partial charge in [-0.2, -0.15) is 13.2 Å². The van der Waals surface area contributed by atoms with Crippen LogP contribution in [0.15, 0.2) is 18.2 Å². The maximum Gasteiger partial charge on any atom is 0.416 e.